The average Bonchev–Trinajstić information content (AvgIpc) is 3.79. The number of aryl methyl sites for hydroxylation is 1. The number of pyridine rings is 1. The minimum Gasteiger partial charge on any atom is -0.661 e. The van der Waals surface area contributed by atoms with Gasteiger partial charge in [-0.25, -0.2) is 0 Å². The fourth-order valence-electron chi connectivity index (χ4n) is 7.37. The van der Waals surface area contributed by atoms with E-state index in [2.05, 4.69) is 96.3 Å². The third kappa shape index (κ3) is 7.92. The molecule has 0 saturated heterocycles. The van der Waals surface area contributed by atoms with Crippen LogP contribution in [-0.2, 0) is 26.5 Å². The van der Waals surface area contributed by atoms with E-state index in [1.165, 1.54) is 12.5 Å². The maximum absolute atomic E-state index is 9.03. The Morgan fingerprint density at radius 2 is 1.62 bits per heavy atom. The van der Waals surface area contributed by atoms with Crippen molar-refractivity contribution < 1.29 is 31.4 Å². The molecule has 0 radical (unpaired) electrons. The van der Waals surface area contributed by atoms with E-state index < -0.39 is 21.3 Å². The van der Waals surface area contributed by atoms with E-state index in [-0.39, 0.29) is 37.8 Å². The normalized spacial score (nSPS) is 17.6. The third-order valence-corrected chi connectivity index (χ3v) is 12.1. The maximum atomic E-state index is 9.03. The van der Waals surface area contributed by atoms with Crippen LogP contribution < -0.4 is 10.1 Å². The molecule has 1 atom stereocenters. The molecule has 0 amide bonds. The Morgan fingerprint density at radius 3 is 2.40 bits per heavy atom. The molecule has 1 aliphatic carbocycles. The molecule has 7 aromatic rings. The molecular weight excluding hydrogens is 843 g/mol. The Morgan fingerprint density at radius 1 is 0.849 bits per heavy atom. The molecule has 0 N–H and O–H groups in total. The van der Waals surface area contributed by atoms with Gasteiger partial charge in [-0.3, -0.25) is 0 Å². The summed E-state index contributed by atoms with van der Waals surface area (Å²) in [6, 6.07) is 44.0. The Balaban J connectivity index is 0.000000174. The van der Waals surface area contributed by atoms with E-state index in [4.69, 9.17) is 16.6 Å². The molecule has 1 saturated carbocycles. The van der Waals surface area contributed by atoms with Crippen molar-refractivity contribution in [2.75, 3.05) is 4.90 Å². The molecule has 1 fully saturated rings. The first-order valence-corrected chi connectivity index (χ1v) is 21.8. The van der Waals surface area contributed by atoms with Gasteiger partial charge in [0.1, 0.15) is 5.58 Å². The average molecular weight is 894 g/mol. The van der Waals surface area contributed by atoms with Crippen molar-refractivity contribution in [1.29, 1.82) is 0 Å². The summed E-state index contributed by atoms with van der Waals surface area (Å²) >= 11 is 0. The largest absolute Gasteiger partial charge is 3.00 e. The number of hydrogen-bond donors (Lipinski definition) is 0. The van der Waals surface area contributed by atoms with Gasteiger partial charge >= 0.3 is 20.1 Å². The van der Waals surface area contributed by atoms with Gasteiger partial charge in [-0.2, -0.15) is 17.7 Å². The maximum Gasteiger partial charge on any atom is 3.00 e. The van der Waals surface area contributed by atoms with E-state index in [0.717, 1.165) is 81.0 Å². The smallest absolute Gasteiger partial charge is 0.661 e. The van der Waals surface area contributed by atoms with Gasteiger partial charge in [0.2, 0.25) is 0 Å². The first-order chi connectivity index (χ1) is 27.3. The first-order valence-electron chi connectivity index (χ1n) is 20.8. The summed E-state index contributed by atoms with van der Waals surface area (Å²) in [4.78, 5) is 6.88. The molecule has 53 heavy (non-hydrogen) atoms. The molecule has 1 aliphatic heterocycles. The molecule has 6 heteroatoms. The van der Waals surface area contributed by atoms with Gasteiger partial charge in [-0.1, -0.05) is 130 Å². The Hall–Kier alpha value is -4.48. The van der Waals surface area contributed by atoms with Gasteiger partial charge in [0.05, 0.1) is 8.07 Å². The SMILES string of the molecule is [2H]C([2H])([2H])c1c[c-]c(-c2cc(C([2H])([2H])C3CCCCC3)c([Si](C)(C)C)cn2)cc1.[Ir+3].[c-]1cc2c(cc1C1[N-]c3ccccc3N1c1ccccc1)oc1ccccc12. The van der Waals surface area contributed by atoms with Gasteiger partial charge in [0.15, 0.2) is 0 Å². The predicted octanol–water partition coefficient (Wildman–Crippen LogP) is 12.8. The number of nitrogens with zero attached hydrogens (tertiary/aromatic N) is 3. The standard InChI is InChI=1S/C25H16N2O.C22H30NSi.Ir/c1-2-8-18(9-3-1)27-22-12-6-5-11-21(22)26-25(27)17-14-15-20-19-10-4-7-13-23(19)28-24(20)16-17;1-17-10-12-19(13-11-17)21-15-20(14-18-8-6-5-7-9-18)22(16-23-21)24(2,3)4;/h1-13,15-16,25H;10-12,15-16,18H,5-9,14H2,1-4H3;/q-2;-1;+3/i;1D3,14D2;. The summed E-state index contributed by atoms with van der Waals surface area (Å²) in [6.45, 7) is 4.51. The second-order valence-electron chi connectivity index (χ2n) is 14.8. The third-order valence-electron chi connectivity index (χ3n) is 10.1. The van der Waals surface area contributed by atoms with Gasteiger partial charge in [-0.05, 0) is 59.0 Å². The van der Waals surface area contributed by atoms with E-state index in [0.29, 0.717) is 11.3 Å². The van der Waals surface area contributed by atoms with Crippen molar-refractivity contribution in [3.05, 3.63) is 156 Å². The summed E-state index contributed by atoms with van der Waals surface area (Å²) in [7, 11) is -1.80. The van der Waals surface area contributed by atoms with E-state index >= 15 is 0 Å². The molecule has 4 nitrogen and oxygen atoms in total. The second kappa shape index (κ2) is 15.9. The monoisotopic (exact) mass is 894 g/mol. The summed E-state index contributed by atoms with van der Waals surface area (Å²) in [5.74, 6) is 0.0310. The summed E-state index contributed by atoms with van der Waals surface area (Å²) in [5.41, 5.74) is 8.33. The van der Waals surface area contributed by atoms with Crippen LogP contribution in [0.15, 0.2) is 126 Å². The van der Waals surface area contributed by atoms with Crippen LogP contribution in [0, 0.1) is 24.9 Å². The van der Waals surface area contributed by atoms with Crippen LogP contribution in [0.3, 0.4) is 0 Å². The molecule has 5 aromatic carbocycles. The minimum absolute atomic E-state index is 0. The molecule has 9 rings (SSSR count). The zero-order valence-corrected chi connectivity index (χ0v) is 33.7. The molecule has 2 aliphatic rings. The predicted molar refractivity (Wildman–Crippen MR) is 220 cm³/mol. The van der Waals surface area contributed by atoms with Crippen LogP contribution in [-0.4, -0.2) is 13.1 Å². The van der Waals surface area contributed by atoms with Crippen molar-refractivity contribution in [3.8, 4) is 11.3 Å². The zero-order valence-electron chi connectivity index (χ0n) is 35.3. The van der Waals surface area contributed by atoms with E-state index in [9.17, 15) is 0 Å². The van der Waals surface area contributed by atoms with E-state index in [1.807, 2.05) is 48.7 Å². The summed E-state index contributed by atoms with van der Waals surface area (Å²) in [5, 5.41) is 8.26. The van der Waals surface area contributed by atoms with Crippen LogP contribution in [0.1, 0.15) is 61.8 Å². The van der Waals surface area contributed by atoms with Crippen molar-refractivity contribution in [2.45, 2.75) is 71.1 Å². The second-order valence-corrected chi connectivity index (χ2v) is 19.8. The van der Waals surface area contributed by atoms with E-state index in [1.54, 1.807) is 12.1 Å². The number of aromatic nitrogens is 1. The number of benzene rings is 5. The summed E-state index contributed by atoms with van der Waals surface area (Å²) < 4.78 is 46.7. The number of fused-ring (bicyclic) bond motifs is 4. The van der Waals surface area contributed by atoms with Crippen molar-refractivity contribution in [1.82, 2.24) is 4.98 Å². The topological polar surface area (TPSA) is 43.4 Å². The molecule has 0 spiro atoms. The first kappa shape index (κ1) is 30.9. The molecule has 2 aromatic heterocycles. The van der Waals surface area contributed by atoms with Crippen LogP contribution in [0.5, 0.6) is 0 Å². The number of furan rings is 1. The van der Waals surface area contributed by atoms with Crippen molar-refractivity contribution >= 4 is 52.3 Å². The van der Waals surface area contributed by atoms with Crippen LogP contribution >= 0.6 is 0 Å². The number of hydrogen-bond acceptors (Lipinski definition) is 3. The van der Waals surface area contributed by atoms with Gasteiger partial charge in [0.25, 0.3) is 0 Å². The molecular formula is C47H46IrN3OSi. The van der Waals surface area contributed by atoms with Crippen LogP contribution in [0.2, 0.25) is 19.6 Å². The van der Waals surface area contributed by atoms with Crippen molar-refractivity contribution in [3.63, 3.8) is 0 Å². The minimum atomic E-state index is -2.16. The number of rotatable bonds is 6. The van der Waals surface area contributed by atoms with Crippen LogP contribution in [0.4, 0.5) is 17.1 Å². The fraction of sp³-hybridized carbons (Fsp3) is 0.255. The van der Waals surface area contributed by atoms with Crippen LogP contribution in [0.25, 0.3) is 38.5 Å². The Kier molecular flexibility index (Phi) is 9.25. The molecule has 0 bridgehead atoms. The fourth-order valence-corrected chi connectivity index (χ4v) is 8.78. The summed E-state index contributed by atoms with van der Waals surface area (Å²) in [6.07, 6.45) is 5.51. The molecule has 1 unspecified atom stereocenters. The molecule has 3 heterocycles. The quantitative estimate of drug-likeness (QED) is 0.123. The number of anilines is 2. The Bertz CT molecular complexity index is 2510. The van der Waals surface area contributed by atoms with Gasteiger partial charge in [-0.15, -0.1) is 47.1 Å². The number of para-hydroxylation sites is 4. The molecule has 268 valence electrons. The van der Waals surface area contributed by atoms with Gasteiger partial charge < -0.3 is 19.6 Å². The zero-order chi connectivity index (χ0) is 40.0. The Labute approximate surface area is 336 Å². The van der Waals surface area contributed by atoms with Gasteiger partial charge in [0, 0.05) is 30.0 Å². The van der Waals surface area contributed by atoms with Crippen molar-refractivity contribution in [2.24, 2.45) is 5.92 Å².